The number of allylic oxidation sites excluding steroid dienone is 1. The average Bonchev–Trinajstić information content (AvgIpc) is 3.49. The molecule has 0 bridgehead atoms. The molecule has 8 rings (SSSR count). The highest BCUT2D eigenvalue weighted by molar-refractivity contribution is 7.99. The van der Waals surface area contributed by atoms with Crippen LogP contribution in [0.1, 0.15) is 103 Å². The smallest absolute Gasteiger partial charge is 0.328 e. The van der Waals surface area contributed by atoms with Crippen LogP contribution in [0.3, 0.4) is 0 Å². The van der Waals surface area contributed by atoms with Gasteiger partial charge >= 0.3 is 17.9 Å². The predicted molar refractivity (Wildman–Crippen MR) is 211 cm³/mol. The first kappa shape index (κ1) is 39.7. The molecule has 4 fully saturated rings. The molecule has 9 heteroatoms. The number of carboxylic acids is 2. The molecule has 2 aromatic rings. The molecule has 0 spiro atoms. The van der Waals surface area contributed by atoms with Crippen LogP contribution in [0.15, 0.2) is 87.7 Å². The van der Waals surface area contributed by atoms with E-state index in [-0.39, 0.29) is 22.9 Å². The van der Waals surface area contributed by atoms with E-state index in [1.807, 2.05) is 24.8 Å². The maximum atomic E-state index is 11.9. The Hall–Kier alpha value is -3.95. The number of nitrogens with zero attached hydrogens (tertiary/aromatic N) is 1. The summed E-state index contributed by atoms with van der Waals surface area (Å²) in [5.41, 5.74) is 7.83. The van der Waals surface area contributed by atoms with Gasteiger partial charge in [0.25, 0.3) is 0 Å². The number of ketones is 1. The Labute approximate surface area is 324 Å². The number of aliphatic carboxylic acids is 2. The maximum Gasteiger partial charge on any atom is 0.328 e. The van der Waals surface area contributed by atoms with Crippen LogP contribution in [0.25, 0.3) is 5.57 Å². The molecule has 2 heterocycles. The largest absolute Gasteiger partial charge is 0.478 e. The Bertz CT molecular complexity index is 1790. The summed E-state index contributed by atoms with van der Waals surface area (Å²) in [4.78, 5) is 48.1. The zero-order valence-electron chi connectivity index (χ0n) is 32.1. The molecule has 2 N–H and O–H groups in total. The summed E-state index contributed by atoms with van der Waals surface area (Å²) in [5, 5.41) is 15.6. The highest BCUT2D eigenvalue weighted by atomic mass is 32.2. The number of rotatable bonds is 4. The number of ether oxygens (including phenoxy) is 1. The van der Waals surface area contributed by atoms with Gasteiger partial charge < -0.3 is 19.8 Å². The molecular weight excluding hydrogens is 699 g/mol. The fraction of sp³-hybridized carbons (Fsp3) is 0.511. The van der Waals surface area contributed by atoms with Crippen molar-refractivity contribution >= 4 is 41.0 Å². The van der Waals surface area contributed by atoms with Crippen LogP contribution < -0.4 is 0 Å². The summed E-state index contributed by atoms with van der Waals surface area (Å²) < 4.78 is 5.86. The predicted octanol–water partition coefficient (Wildman–Crippen LogP) is 9.23. The van der Waals surface area contributed by atoms with Crippen LogP contribution in [-0.4, -0.2) is 65.0 Å². The molecular formula is C45H55NO7S. The first-order chi connectivity index (χ1) is 25.8. The number of hydrogen-bond donors (Lipinski definition) is 2. The van der Waals surface area contributed by atoms with Gasteiger partial charge in [0.2, 0.25) is 0 Å². The molecule has 2 aromatic carbocycles. The molecule has 0 radical (unpaired) electrons. The molecule has 54 heavy (non-hydrogen) atoms. The molecule has 288 valence electrons. The van der Waals surface area contributed by atoms with E-state index in [0.29, 0.717) is 36.2 Å². The number of piperidine rings is 1. The van der Waals surface area contributed by atoms with E-state index < -0.39 is 11.9 Å². The van der Waals surface area contributed by atoms with Gasteiger partial charge in [-0.05, 0) is 123 Å². The summed E-state index contributed by atoms with van der Waals surface area (Å²) in [6.07, 6.45) is 14.8. The Morgan fingerprint density at radius 1 is 0.833 bits per heavy atom. The number of benzene rings is 2. The van der Waals surface area contributed by atoms with Crippen LogP contribution in [0.4, 0.5) is 0 Å². The van der Waals surface area contributed by atoms with Crippen molar-refractivity contribution in [2.75, 3.05) is 20.1 Å². The molecule has 6 aliphatic rings. The fourth-order valence-corrected chi connectivity index (χ4v) is 11.5. The highest BCUT2D eigenvalue weighted by Gasteiger charge is 2.60. The van der Waals surface area contributed by atoms with Gasteiger partial charge in [0.1, 0.15) is 6.10 Å². The van der Waals surface area contributed by atoms with Crippen molar-refractivity contribution in [2.24, 2.45) is 28.6 Å². The van der Waals surface area contributed by atoms with E-state index in [1.165, 1.54) is 77.3 Å². The molecule has 6 atom stereocenters. The number of carbonyl (C=O) groups is 4. The van der Waals surface area contributed by atoms with Crippen molar-refractivity contribution in [1.29, 1.82) is 0 Å². The molecule has 8 nitrogen and oxygen atoms in total. The first-order valence-electron chi connectivity index (χ1n) is 19.7. The van der Waals surface area contributed by atoms with E-state index >= 15 is 0 Å². The van der Waals surface area contributed by atoms with Crippen LogP contribution in [0.2, 0.25) is 0 Å². The van der Waals surface area contributed by atoms with Crippen LogP contribution in [0.5, 0.6) is 0 Å². The van der Waals surface area contributed by atoms with Crippen molar-refractivity contribution in [3.8, 4) is 0 Å². The van der Waals surface area contributed by atoms with E-state index in [2.05, 4.69) is 74.3 Å². The number of hydrogen-bond acceptors (Lipinski definition) is 7. The minimum absolute atomic E-state index is 0.0411. The normalized spacial score (nSPS) is 29.8. The number of likely N-dealkylation sites (tertiary alicyclic amines) is 1. The quantitative estimate of drug-likeness (QED) is 0.198. The molecule has 2 aliphatic heterocycles. The topological polar surface area (TPSA) is 121 Å². The number of esters is 1. The Kier molecular flexibility index (Phi) is 12.4. The lowest BCUT2D eigenvalue weighted by Crippen LogP contribution is -2.51. The van der Waals surface area contributed by atoms with Gasteiger partial charge in [-0.25, -0.2) is 9.59 Å². The maximum absolute atomic E-state index is 11.9. The number of carbonyl (C=O) groups excluding carboxylic acids is 2. The van der Waals surface area contributed by atoms with Gasteiger partial charge in [0.15, 0.2) is 5.78 Å². The summed E-state index contributed by atoms with van der Waals surface area (Å²) >= 11 is 1.91. The van der Waals surface area contributed by atoms with E-state index in [0.717, 1.165) is 38.0 Å². The first-order valence-corrected chi connectivity index (χ1v) is 20.5. The zero-order chi connectivity index (χ0) is 38.6. The van der Waals surface area contributed by atoms with Crippen LogP contribution in [0, 0.1) is 28.6 Å². The van der Waals surface area contributed by atoms with Crippen molar-refractivity contribution < 1.29 is 34.1 Å². The van der Waals surface area contributed by atoms with Crippen LogP contribution in [-0.2, 0) is 23.9 Å². The SMILES string of the molecule is CCC(=O)OC1CCC2C3CCC4=CC(=O)CCC4(C)C3CCC12C.CN1CCC(=C2c3ccccc3Sc3ccccc32)CC1.O=C(O)C=CC(=O)O. The van der Waals surface area contributed by atoms with Gasteiger partial charge in [-0.2, -0.15) is 0 Å². The van der Waals surface area contributed by atoms with Crippen molar-refractivity contribution in [3.63, 3.8) is 0 Å². The second-order valence-electron chi connectivity index (χ2n) is 16.3. The Morgan fingerprint density at radius 2 is 1.44 bits per heavy atom. The standard InChI is InChI=1S/C22H32O3.C19H19NS.C4H4O4/c1-4-20(24)25-19-8-7-17-16-6-5-14-13-15(23)9-11-21(14,2)18(16)10-12-22(17,19)3;1-20-12-10-14(11-13-20)19-15-6-2-4-8-17(15)21-18-9-5-3-7-16(18)19;5-3(6)1-2-4(7)8/h13,16-19H,4-12H2,1-3H3;2-9H,10-13H2,1H3;1-2H,(H,5,6)(H,7,8). The fourth-order valence-electron chi connectivity index (χ4n) is 10.4. The zero-order valence-corrected chi connectivity index (χ0v) is 33.0. The lowest BCUT2D eigenvalue weighted by Gasteiger charge is -2.57. The van der Waals surface area contributed by atoms with Gasteiger partial charge in [-0.3, -0.25) is 9.59 Å². The monoisotopic (exact) mass is 753 g/mol. The van der Waals surface area contributed by atoms with E-state index in [9.17, 15) is 19.2 Å². The molecule has 1 saturated heterocycles. The lowest BCUT2D eigenvalue weighted by molar-refractivity contribution is -0.159. The van der Waals surface area contributed by atoms with Crippen molar-refractivity contribution in [3.05, 3.63) is 89.0 Å². The second-order valence-corrected chi connectivity index (χ2v) is 17.4. The minimum Gasteiger partial charge on any atom is -0.478 e. The van der Waals surface area contributed by atoms with Gasteiger partial charge in [-0.1, -0.05) is 80.1 Å². The molecule has 0 amide bonds. The molecule has 6 unspecified atom stereocenters. The van der Waals surface area contributed by atoms with Crippen molar-refractivity contribution in [2.45, 2.75) is 107 Å². The van der Waals surface area contributed by atoms with Gasteiger partial charge in [0.05, 0.1) is 0 Å². The number of fused-ring (bicyclic) bond motifs is 7. The molecule has 3 saturated carbocycles. The summed E-state index contributed by atoms with van der Waals surface area (Å²) in [6, 6.07) is 17.7. The molecule has 4 aliphatic carbocycles. The third kappa shape index (κ3) is 8.32. The third-order valence-corrected chi connectivity index (χ3v) is 14.4. The van der Waals surface area contributed by atoms with Gasteiger partial charge in [-0.15, -0.1) is 0 Å². The highest BCUT2D eigenvalue weighted by Crippen LogP contribution is 2.65. The lowest BCUT2D eigenvalue weighted by atomic mass is 9.47. The summed E-state index contributed by atoms with van der Waals surface area (Å²) in [5.74, 6) is -0.102. The second kappa shape index (κ2) is 16.8. The van der Waals surface area contributed by atoms with E-state index in [1.54, 1.807) is 5.57 Å². The number of carboxylic acid groups (broad SMARTS) is 2. The Morgan fingerprint density at radius 3 is 2.04 bits per heavy atom. The van der Waals surface area contributed by atoms with Crippen molar-refractivity contribution in [1.82, 2.24) is 4.90 Å². The minimum atomic E-state index is -1.26. The van der Waals surface area contributed by atoms with Gasteiger partial charge in [0, 0.05) is 53.3 Å². The van der Waals surface area contributed by atoms with E-state index in [4.69, 9.17) is 14.9 Å². The summed E-state index contributed by atoms with van der Waals surface area (Å²) in [6.45, 7) is 9.04. The molecule has 0 aromatic heterocycles. The average molecular weight is 754 g/mol. The summed E-state index contributed by atoms with van der Waals surface area (Å²) in [7, 11) is 2.22. The van der Waals surface area contributed by atoms with Crippen LogP contribution >= 0.6 is 11.8 Å². The Balaban J connectivity index is 0.000000156. The third-order valence-electron chi connectivity index (χ3n) is 13.3.